The van der Waals surface area contributed by atoms with E-state index in [0.717, 1.165) is 6.42 Å². The summed E-state index contributed by atoms with van der Waals surface area (Å²) in [6.07, 6.45) is 0.581. The minimum absolute atomic E-state index is 0.200. The predicted octanol–water partition coefficient (Wildman–Crippen LogP) is 0.718. The highest BCUT2D eigenvalue weighted by Gasteiger charge is 2.45. The summed E-state index contributed by atoms with van der Waals surface area (Å²) in [7, 11) is 1.58. The molecule has 0 aromatic heterocycles. The van der Waals surface area contributed by atoms with E-state index >= 15 is 0 Å². The molecule has 0 aromatic rings. The van der Waals surface area contributed by atoms with Gasteiger partial charge >= 0.3 is 5.97 Å². The Morgan fingerprint density at radius 3 is 2.93 bits per heavy atom. The lowest BCUT2D eigenvalue weighted by Gasteiger charge is -2.20. The topological polar surface area (TPSA) is 54.0 Å². The third-order valence-electron chi connectivity index (χ3n) is 2.10. The molecular formula is C10H18O5. The van der Waals surface area contributed by atoms with Crippen molar-refractivity contribution in [3.05, 3.63) is 0 Å². The molecule has 5 heteroatoms. The Kier molecular flexibility index (Phi) is 4.50. The molecule has 1 rings (SSSR count). The lowest BCUT2D eigenvalue weighted by molar-refractivity contribution is -0.206. The van der Waals surface area contributed by atoms with Gasteiger partial charge in [-0.3, -0.25) is 0 Å². The lowest BCUT2D eigenvalue weighted by atomic mass is 10.3. The van der Waals surface area contributed by atoms with Crippen LogP contribution < -0.4 is 0 Å². The first-order chi connectivity index (χ1) is 7.12. The van der Waals surface area contributed by atoms with Crippen LogP contribution in [-0.2, 0) is 23.7 Å². The van der Waals surface area contributed by atoms with Crippen LogP contribution >= 0.6 is 0 Å². The van der Waals surface area contributed by atoms with Crippen LogP contribution in [0.3, 0.4) is 0 Å². The summed E-state index contributed by atoms with van der Waals surface area (Å²) in [4.78, 5) is 11.6. The van der Waals surface area contributed by atoms with Gasteiger partial charge < -0.3 is 18.9 Å². The molecule has 0 amide bonds. The Morgan fingerprint density at radius 1 is 1.60 bits per heavy atom. The zero-order valence-corrected chi connectivity index (χ0v) is 9.45. The quantitative estimate of drug-likeness (QED) is 0.636. The van der Waals surface area contributed by atoms with Gasteiger partial charge in [-0.15, -0.1) is 0 Å². The van der Waals surface area contributed by atoms with E-state index in [2.05, 4.69) is 0 Å². The van der Waals surface area contributed by atoms with Crippen molar-refractivity contribution >= 4 is 5.97 Å². The van der Waals surface area contributed by atoms with Gasteiger partial charge in [0.05, 0.1) is 19.8 Å². The van der Waals surface area contributed by atoms with Gasteiger partial charge in [-0.1, -0.05) is 6.92 Å². The normalized spacial score (nSPS) is 30.5. The van der Waals surface area contributed by atoms with Crippen molar-refractivity contribution in [1.82, 2.24) is 0 Å². The van der Waals surface area contributed by atoms with Crippen LogP contribution in [0.4, 0.5) is 0 Å². The fraction of sp³-hybridized carbons (Fsp3) is 0.900. The molecule has 0 spiro atoms. The van der Waals surface area contributed by atoms with Gasteiger partial charge in [-0.05, 0) is 6.42 Å². The third kappa shape index (κ3) is 3.15. The van der Waals surface area contributed by atoms with Crippen molar-refractivity contribution < 1.29 is 23.7 Å². The summed E-state index contributed by atoms with van der Waals surface area (Å²) < 4.78 is 20.6. The Balaban J connectivity index is 2.43. The van der Waals surface area contributed by atoms with Crippen molar-refractivity contribution in [2.45, 2.75) is 32.2 Å². The number of ether oxygens (including phenoxy) is 4. The molecule has 0 N–H and O–H groups in total. The Hall–Kier alpha value is -0.650. The van der Waals surface area contributed by atoms with Crippen LogP contribution in [0.5, 0.6) is 0 Å². The maximum Gasteiger partial charge on any atom is 0.366 e. The number of rotatable bonds is 5. The van der Waals surface area contributed by atoms with E-state index in [1.165, 1.54) is 0 Å². The minimum atomic E-state index is -1.27. The first-order valence-corrected chi connectivity index (χ1v) is 5.10. The summed E-state index contributed by atoms with van der Waals surface area (Å²) in [6, 6.07) is 0. The molecule has 2 atom stereocenters. The molecule has 1 fully saturated rings. The van der Waals surface area contributed by atoms with Gasteiger partial charge in [-0.2, -0.15) is 0 Å². The highest BCUT2D eigenvalue weighted by molar-refractivity contribution is 5.77. The number of hydrogen-bond donors (Lipinski definition) is 0. The van der Waals surface area contributed by atoms with E-state index in [-0.39, 0.29) is 6.10 Å². The zero-order valence-electron chi connectivity index (χ0n) is 9.45. The molecule has 0 saturated carbocycles. The fourth-order valence-electron chi connectivity index (χ4n) is 1.34. The second kappa shape index (κ2) is 5.44. The molecule has 1 saturated heterocycles. The van der Waals surface area contributed by atoms with Crippen molar-refractivity contribution in [2.24, 2.45) is 0 Å². The predicted molar refractivity (Wildman–Crippen MR) is 52.4 cm³/mol. The second-order valence-corrected chi connectivity index (χ2v) is 3.59. The summed E-state index contributed by atoms with van der Waals surface area (Å²) in [6.45, 7) is 4.65. The van der Waals surface area contributed by atoms with Gasteiger partial charge in [0.2, 0.25) is 0 Å². The van der Waals surface area contributed by atoms with Crippen LogP contribution in [0.25, 0.3) is 0 Å². The molecule has 1 heterocycles. The number of hydrogen-bond acceptors (Lipinski definition) is 5. The van der Waals surface area contributed by atoms with E-state index < -0.39 is 11.8 Å². The first-order valence-electron chi connectivity index (χ1n) is 5.10. The molecule has 0 bridgehead atoms. The average molecular weight is 218 g/mol. The van der Waals surface area contributed by atoms with Gasteiger partial charge in [0.25, 0.3) is 5.79 Å². The molecule has 0 aliphatic carbocycles. The Morgan fingerprint density at radius 2 is 2.33 bits per heavy atom. The second-order valence-electron chi connectivity index (χ2n) is 3.59. The average Bonchev–Trinajstić information content (AvgIpc) is 2.59. The van der Waals surface area contributed by atoms with E-state index in [0.29, 0.717) is 19.8 Å². The Labute approximate surface area is 89.6 Å². The van der Waals surface area contributed by atoms with Crippen molar-refractivity contribution in [1.29, 1.82) is 0 Å². The molecule has 0 aromatic carbocycles. The maximum atomic E-state index is 11.6. The number of carbonyl (C=O) groups excluding carboxylic acids is 1. The molecular weight excluding hydrogens is 200 g/mol. The lowest BCUT2D eigenvalue weighted by Crippen LogP contribution is -2.39. The molecule has 1 aliphatic heterocycles. The van der Waals surface area contributed by atoms with Gasteiger partial charge in [-0.25, -0.2) is 4.79 Å². The SMILES string of the molecule is CCCOC(=O)C1(C)OCC(COC)O1. The zero-order chi connectivity index (χ0) is 11.3. The highest BCUT2D eigenvalue weighted by Crippen LogP contribution is 2.24. The third-order valence-corrected chi connectivity index (χ3v) is 2.10. The van der Waals surface area contributed by atoms with E-state index in [9.17, 15) is 4.79 Å². The van der Waals surface area contributed by atoms with Crippen LogP contribution in [0.15, 0.2) is 0 Å². The summed E-state index contributed by atoms with van der Waals surface area (Å²) in [5, 5.41) is 0. The van der Waals surface area contributed by atoms with Gasteiger partial charge in [0.1, 0.15) is 6.10 Å². The maximum absolute atomic E-state index is 11.6. The standard InChI is InChI=1S/C10H18O5/c1-4-5-13-9(11)10(2)14-7-8(15-10)6-12-3/h8H,4-7H2,1-3H3. The van der Waals surface area contributed by atoms with Crippen LogP contribution in [-0.4, -0.2) is 44.8 Å². The Bertz CT molecular complexity index is 218. The summed E-state index contributed by atoms with van der Waals surface area (Å²) >= 11 is 0. The van der Waals surface area contributed by atoms with Crippen molar-refractivity contribution in [3.8, 4) is 0 Å². The summed E-state index contributed by atoms with van der Waals surface area (Å²) in [5.74, 6) is -1.73. The monoisotopic (exact) mass is 218 g/mol. The molecule has 5 nitrogen and oxygen atoms in total. The largest absolute Gasteiger partial charge is 0.462 e. The van der Waals surface area contributed by atoms with Gasteiger partial charge in [0.15, 0.2) is 0 Å². The highest BCUT2D eigenvalue weighted by atomic mass is 16.8. The van der Waals surface area contributed by atoms with E-state index in [1.807, 2.05) is 6.92 Å². The first kappa shape index (κ1) is 12.4. The smallest absolute Gasteiger partial charge is 0.366 e. The van der Waals surface area contributed by atoms with E-state index in [4.69, 9.17) is 18.9 Å². The molecule has 88 valence electrons. The molecule has 1 aliphatic rings. The fourth-order valence-corrected chi connectivity index (χ4v) is 1.34. The van der Waals surface area contributed by atoms with Crippen LogP contribution in [0, 0.1) is 0 Å². The molecule has 0 radical (unpaired) electrons. The van der Waals surface area contributed by atoms with Crippen molar-refractivity contribution in [3.63, 3.8) is 0 Å². The van der Waals surface area contributed by atoms with Crippen LogP contribution in [0.1, 0.15) is 20.3 Å². The summed E-state index contributed by atoms with van der Waals surface area (Å²) in [5.41, 5.74) is 0. The molecule has 15 heavy (non-hydrogen) atoms. The molecule has 2 unspecified atom stereocenters. The number of carbonyl (C=O) groups is 1. The number of esters is 1. The van der Waals surface area contributed by atoms with Crippen LogP contribution in [0.2, 0.25) is 0 Å². The number of methoxy groups -OCH3 is 1. The van der Waals surface area contributed by atoms with Gasteiger partial charge in [0, 0.05) is 14.0 Å². The van der Waals surface area contributed by atoms with Crippen molar-refractivity contribution in [2.75, 3.05) is 26.9 Å². The van der Waals surface area contributed by atoms with E-state index in [1.54, 1.807) is 14.0 Å². The minimum Gasteiger partial charge on any atom is -0.462 e.